The third-order valence-electron chi connectivity index (χ3n) is 4.86. The lowest BCUT2D eigenvalue weighted by atomic mass is 10.0. The van der Waals surface area contributed by atoms with Crippen molar-refractivity contribution in [2.24, 2.45) is 0 Å². The van der Waals surface area contributed by atoms with Gasteiger partial charge in [-0.15, -0.1) is 0 Å². The van der Waals surface area contributed by atoms with Gasteiger partial charge in [0, 0.05) is 12.8 Å². The Labute approximate surface area is 187 Å². The molecule has 0 aliphatic carbocycles. The molecule has 0 radical (unpaired) electrons. The van der Waals surface area contributed by atoms with Gasteiger partial charge in [-0.2, -0.15) is 5.26 Å². The van der Waals surface area contributed by atoms with Crippen molar-refractivity contribution in [2.75, 3.05) is 0 Å². The van der Waals surface area contributed by atoms with Gasteiger partial charge in [-0.1, -0.05) is 91.0 Å². The summed E-state index contributed by atoms with van der Waals surface area (Å²) in [5, 5.41) is 14.9. The summed E-state index contributed by atoms with van der Waals surface area (Å²) in [5.41, 5.74) is 2.67. The molecular formula is C26H25N3O3. The van der Waals surface area contributed by atoms with E-state index in [0.29, 0.717) is 6.42 Å². The molecule has 3 rings (SSSR count). The molecule has 2 amide bonds. The second kappa shape index (κ2) is 11.9. The van der Waals surface area contributed by atoms with E-state index in [0.717, 1.165) is 16.7 Å². The minimum absolute atomic E-state index is 0.0984. The van der Waals surface area contributed by atoms with Crippen molar-refractivity contribution < 1.29 is 14.3 Å². The summed E-state index contributed by atoms with van der Waals surface area (Å²) in [4.78, 5) is 25.4. The van der Waals surface area contributed by atoms with Crippen molar-refractivity contribution >= 4 is 12.0 Å². The van der Waals surface area contributed by atoms with Crippen LogP contribution in [0.1, 0.15) is 16.7 Å². The topological polar surface area (TPSA) is 91.2 Å². The second-order valence-corrected chi connectivity index (χ2v) is 7.33. The molecule has 0 heterocycles. The third-order valence-corrected chi connectivity index (χ3v) is 4.86. The van der Waals surface area contributed by atoms with Crippen molar-refractivity contribution in [1.82, 2.24) is 10.6 Å². The highest BCUT2D eigenvalue weighted by Gasteiger charge is 2.24. The summed E-state index contributed by atoms with van der Waals surface area (Å²) in [5.74, 6) is -0.437. The Bertz CT molecular complexity index is 1030. The second-order valence-electron chi connectivity index (χ2n) is 7.33. The lowest BCUT2D eigenvalue weighted by molar-refractivity contribution is -0.123. The van der Waals surface area contributed by atoms with Gasteiger partial charge in [-0.3, -0.25) is 4.79 Å². The maximum Gasteiger partial charge on any atom is 0.408 e. The molecule has 3 aromatic carbocycles. The summed E-state index contributed by atoms with van der Waals surface area (Å²) in [7, 11) is 0. The zero-order valence-electron chi connectivity index (χ0n) is 17.6. The monoisotopic (exact) mass is 427 g/mol. The fraction of sp³-hybridized carbons (Fsp3) is 0.192. The zero-order valence-corrected chi connectivity index (χ0v) is 17.6. The van der Waals surface area contributed by atoms with Gasteiger partial charge in [0.1, 0.15) is 18.7 Å². The van der Waals surface area contributed by atoms with E-state index in [4.69, 9.17) is 4.74 Å². The van der Waals surface area contributed by atoms with Gasteiger partial charge < -0.3 is 15.4 Å². The Kier molecular flexibility index (Phi) is 8.41. The number of hydrogen-bond donors (Lipinski definition) is 2. The summed E-state index contributed by atoms with van der Waals surface area (Å²) in [6, 6.07) is 28.6. The summed E-state index contributed by atoms with van der Waals surface area (Å²) < 4.78 is 5.28. The molecule has 0 aliphatic heterocycles. The summed E-state index contributed by atoms with van der Waals surface area (Å²) >= 11 is 0. The molecular weight excluding hydrogens is 402 g/mol. The molecule has 0 bridgehead atoms. The van der Waals surface area contributed by atoms with Crippen LogP contribution in [-0.2, 0) is 29.0 Å². The molecule has 162 valence electrons. The number of carbonyl (C=O) groups excluding carboxylic acids is 2. The molecule has 6 nitrogen and oxygen atoms in total. The van der Waals surface area contributed by atoms with E-state index >= 15 is 0 Å². The van der Waals surface area contributed by atoms with Crippen molar-refractivity contribution in [3.63, 3.8) is 0 Å². The minimum Gasteiger partial charge on any atom is -0.445 e. The van der Waals surface area contributed by atoms with Crippen molar-refractivity contribution in [2.45, 2.75) is 31.5 Å². The molecule has 0 saturated carbocycles. The SMILES string of the molecule is N#C[C@H](Cc1ccccc1)NC(=O)[C@H](Cc1ccccc1)NC(=O)OCc1ccccc1. The number of nitriles is 1. The van der Waals surface area contributed by atoms with Crippen LogP contribution in [0.4, 0.5) is 4.79 Å². The maximum absolute atomic E-state index is 13.0. The Morgan fingerprint density at radius 3 is 1.78 bits per heavy atom. The molecule has 0 fully saturated rings. The van der Waals surface area contributed by atoms with E-state index < -0.39 is 24.1 Å². The largest absolute Gasteiger partial charge is 0.445 e. The number of rotatable bonds is 9. The first kappa shape index (κ1) is 22.6. The lowest BCUT2D eigenvalue weighted by Gasteiger charge is -2.20. The van der Waals surface area contributed by atoms with Crippen LogP contribution in [0.3, 0.4) is 0 Å². The van der Waals surface area contributed by atoms with Crippen LogP contribution in [-0.4, -0.2) is 24.1 Å². The molecule has 2 N–H and O–H groups in total. The summed E-state index contributed by atoms with van der Waals surface area (Å²) in [6.07, 6.45) is -0.0441. The number of nitrogens with one attached hydrogen (secondary N) is 2. The first-order chi connectivity index (χ1) is 15.6. The first-order valence-electron chi connectivity index (χ1n) is 10.4. The van der Waals surface area contributed by atoms with E-state index in [1.807, 2.05) is 91.0 Å². The standard InChI is InChI=1S/C26H25N3O3/c27-18-23(16-20-10-4-1-5-11-20)28-25(30)24(17-21-12-6-2-7-13-21)29-26(31)32-19-22-14-8-3-9-15-22/h1-15,23-24H,16-17,19H2,(H,28,30)(H,29,31)/t23-,24-/m0/s1. The Morgan fingerprint density at radius 1 is 0.750 bits per heavy atom. The van der Waals surface area contributed by atoms with Crippen molar-refractivity contribution in [1.29, 1.82) is 5.26 Å². The van der Waals surface area contributed by atoms with Gasteiger partial charge in [0.25, 0.3) is 0 Å². The highest BCUT2D eigenvalue weighted by atomic mass is 16.5. The number of nitrogens with zero attached hydrogens (tertiary/aromatic N) is 1. The van der Waals surface area contributed by atoms with Crippen LogP contribution in [0.5, 0.6) is 0 Å². The predicted octanol–water partition coefficient (Wildman–Crippen LogP) is 3.78. The number of carbonyl (C=O) groups is 2. The highest BCUT2D eigenvalue weighted by Crippen LogP contribution is 2.07. The summed E-state index contributed by atoms with van der Waals surface area (Å²) in [6.45, 7) is 0.0984. The number of amides is 2. The number of ether oxygens (including phenoxy) is 1. The van der Waals surface area contributed by atoms with Crippen LogP contribution < -0.4 is 10.6 Å². The van der Waals surface area contributed by atoms with Gasteiger partial charge in [0.05, 0.1) is 6.07 Å². The van der Waals surface area contributed by atoms with Crippen LogP contribution in [0.25, 0.3) is 0 Å². The van der Waals surface area contributed by atoms with E-state index in [9.17, 15) is 14.9 Å². The van der Waals surface area contributed by atoms with Crippen molar-refractivity contribution in [3.05, 3.63) is 108 Å². The highest BCUT2D eigenvalue weighted by molar-refractivity contribution is 5.86. The maximum atomic E-state index is 13.0. The molecule has 0 aliphatic rings. The molecule has 0 aromatic heterocycles. The normalized spacial score (nSPS) is 12.1. The average molecular weight is 428 g/mol. The third kappa shape index (κ3) is 7.29. The molecule has 0 unspecified atom stereocenters. The quantitative estimate of drug-likeness (QED) is 0.544. The van der Waals surface area contributed by atoms with Crippen LogP contribution in [0, 0.1) is 11.3 Å². The van der Waals surface area contributed by atoms with Gasteiger partial charge in [0.2, 0.25) is 5.91 Å². The Balaban J connectivity index is 1.64. The molecule has 32 heavy (non-hydrogen) atoms. The zero-order chi connectivity index (χ0) is 22.6. The van der Waals surface area contributed by atoms with Gasteiger partial charge in [-0.25, -0.2) is 4.79 Å². The van der Waals surface area contributed by atoms with Crippen molar-refractivity contribution in [3.8, 4) is 6.07 Å². The average Bonchev–Trinajstić information content (AvgIpc) is 2.84. The molecule has 3 aromatic rings. The Morgan fingerprint density at radius 2 is 1.25 bits per heavy atom. The number of benzene rings is 3. The van der Waals surface area contributed by atoms with E-state index in [1.54, 1.807) is 0 Å². The van der Waals surface area contributed by atoms with E-state index in [-0.39, 0.29) is 13.0 Å². The minimum atomic E-state index is -0.882. The fourth-order valence-corrected chi connectivity index (χ4v) is 3.22. The van der Waals surface area contributed by atoms with Crippen LogP contribution in [0.2, 0.25) is 0 Å². The van der Waals surface area contributed by atoms with Gasteiger partial charge in [0.15, 0.2) is 0 Å². The van der Waals surface area contributed by atoms with Gasteiger partial charge in [-0.05, 0) is 16.7 Å². The predicted molar refractivity (Wildman–Crippen MR) is 121 cm³/mol. The van der Waals surface area contributed by atoms with Gasteiger partial charge >= 0.3 is 6.09 Å². The molecule has 6 heteroatoms. The van der Waals surface area contributed by atoms with E-state index in [2.05, 4.69) is 16.7 Å². The lowest BCUT2D eigenvalue weighted by Crippen LogP contribution is -2.51. The number of alkyl carbamates (subject to hydrolysis) is 1. The van der Waals surface area contributed by atoms with Crippen LogP contribution in [0.15, 0.2) is 91.0 Å². The molecule has 2 atom stereocenters. The van der Waals surface area contributed by atoms with Crippen LogP contribution >= 0.6 is 0 Å². The number of hydrogen-bond acceptors (Lipinski definition) is 4. The Hall–Kier alpha value is -4.11. The fourth-order valence-electron chi connectivity index (χ4n) is 3.22. The molecule has 0 spiro atoms. The first-order valence-corrected chi connectivity index (χ1v) is 10.4. The molecule has 0 saturated heterocycles. The smallest absolute Gasteiger partial charge is 0.408 e. The van der Waals surface area contributed by atoms with E-state index in [1.165, 1.54) is 0 Å².